The van der Waals surface area contributed by atoms with E-state index in [4.69, 9.17) is 17.2 Å². The first kappa shape index (κ1) is 106. The monoisotopic (exact) mass is 1910 g/mol. The maximum atomic E-state index is 15.8. The zero-order chi connectivity index (χ0) is 99.5. The third-order valence-corrected chi connectivity index (χ3v) is 25.0. The number of carboxylic acid groups (broad SMARTS) is 2. The van der Waals surface area contributed by atoms with Gasteiger partial charge in [0, 0.05) is 125 Å². The Morgan fingerprint density at radius 2 is 1.13 bits per heavy atom. The van der Waals surface area contributed by atoms with Gasteiger partial charge < -0.3 is 135 Å². The van der Waals surface area contributed by atoms with Gasteiger partial charge in [0.15, 0.2) is 0 Å². The van der Waals surface area contributed by atoms with Crippen molar-refractivity contribution in [3.63, 3.8) is 0 Å². The van der Waals surface area contributed by atoms with Crippen molar-refractivity contribution in [1.29, 1.82) is 0 Å². The molecule has 0 unspecified atom stereocenters. The molecule has 3 aliphatic heterocycles. The number of carbonyl (C=O) groups is 19. The summed E-state index contributed by atoms with van der Waals surface area (Å²) in [6.45, 7) is 0.814. The third-order valence-electron chi connectivity index (χ3n) is 24.0. The number of fused-ring (bicyclic) bond motifs is 4. The van der Waals surface area contributed by atoms with Crippen LogP contribution in [0.4, 0.5) is 0 Å². The molecule has 3 aromatic heterocycles. The van der Waals surface area contributed by atoms with Gasteiger partial charge >= 0.3 is 11.9 Å². The molecule has 0 saturated carbocycles. The number of hydrogen-bond donors (Lipinski definition) is 20. The number of nitrogens with one attached hydrogen (secondary N) is 12. The van der Waals surface area contributed by atoms with Crippen molar-refractivity contribution in [2.75, 3.05) is 65.4 Å². The van der Waals surface area contributed by atoms with Crippen molar-refractivity contribution in [3.05, 3.63) is 120 Å². The van der Waals surface area contributed by atoms with Crippen LogP contribution in [0.25, 0.3) is 21.8 Å². The highest BCUT2D eigenvalue weighted by molar-refractivity contribution is 8.00. The van der Waals surface area contributed by atoms with Crippen LogP contribution in [0.5, 0.6) is 5.75 Å². The number of imidazole rings is 1. The highest BCUT2D eigenvalue weighted by atomic mass is 32.2. The van der Waals surface area contributed by atoms with Crippen molar-refractivity contribution < 1.29 is 117 Å². The number of benzene rings is 3. The number of phenolic OH excluding ortho intramolecular Hbond substituents is 1. The number of carboxylic acids is 2. The molecule has 3 aliphatic rings. The van der Waals surface area contributed by atoms with E-state index in [-0.39, 0.29) is 68.5 Å². The first-order valence-electron chi connectivity index (χ1n) is 44.6. The number of aromatic amines is 2. The number of carbonyl (C=O) groups excluding carboxylic acids is 17. The minimum Gasteiger partial charge on any atom is -0.508 e. The lowest BCUT2D eigenvalue weighted by atomic mass is 10.00. The maximum Gasteiger partial charge on any atom is 0.323 e. The smallest absolute Gasteiger partial charge is 0.323 e. The molecular weight excluding hydrogens is 1790 g/mol. The summed E-state index contributed by atoms with van der Waals surface area (Å²) in [5.41, 5.74) is 19.4. The van der Waals surface area contributed by atoms with Crippen LogP contribution in [0, 0.1) is 0 Å². The van der Waals surface area contributed by atoms with Crippen molar-refractivity contribution in [3.8, 4) is 5.75 Å². The molecule has 6 aromatic rings. The number of thioether (sulfide) groups is 1. The Balaban J connectivity index is 1.11. The predicted molar refractivity (Wildman–Crippen MR) is 488 cm³/mol. The molecule has 736 valence electrons. The molecule has 3 saturated heterocycles. The third kappa shape index (κ3) is 28.5. The van der Waals surface area contributed by atoms with Crippen molar-refractivity contribution in [1.82, 2.24) is 97.2 Å². The number of aromatic nitrogens is 4. The highest BCUT2D eigenvalue weighted by Gasteiger charge is 2.47. The number of unbranched alkanes of at least 4 members (excludes halogenated alkanes) is 2. The van der Waals surface area contributed by atoms with Crippen LogP contribution in [0.15, 0.2) is 97.7 Å². The van der Waals surface area contributed by atoms with Crippen LogP contribution >= 0.6 is 11.8 Å². The number of aliphatic hydroxyl groups excluding tert-OH is 2. The first-order valence-corrected chi connectivity index (χ1v) is 45.8. The lowest BCUT2D eigenvalue weighted by Gasteiger charge is -2.36. The zero-order valence-electron chi connectivity index (χ0n) is 76.1. The van der Waals surface area contributed by atoms with E-state index in [0.717, 1.165) is 43.3 Å². The molecule has 0 bridgehead atoms. The van der Waals surface area contributed by atoms with Crippen LogP contribution < -0.4 is 70.4 Å². The van der Waals surface area contributed by atoms with Crippen LogP contribution in [0.1, 0.15) is 120 Å². The first-order chi connectivity index (χ1) is 64.7. The quantitative estimate of drug-likeness (QED) is 0.0242. The van der Waals surface area contributed by atoms with E-state index in [1.165, 1.54) is 74.8 Å². The summed E-state index contributed by atoms with van der Waals surface area (Å²) >= 11 is 0.720. The lowest BCUT2D eigenvalue weighted by Crippen LogP contribution is -2.62. The second kappa shape index (κ2) is 49.8. The molecule has 0 radical (unpaired) electrons. The molecule has 136 heavy (non-hydrogen) atoms. The number of primary amides is 2. The molecule has 0 spiro atoms. The minimum atomic E-state index is -2.01. The summed E-state index contributed by atoms with van der Waals surface area (Å²) in [4.78, 5) is 289. The van der Waals surface area contributed by atoms with E-state index in [1.807, 2.05) is 0 Å². The Bertz CT molecular complexity index is 5340. The average Bonchev–Trinajstić information content (AvgIpc) is 1.65. The molecule has 47 heteroatoms. The van der Waals surface area contributed by atoms with Crippen molar-refractivity contribution >= 4 is 146 Å². The Labute approximate surface area is 785 Å². The van der Waals surface area contributed by atoms with Gasteiger partial charge in [-0.2, -0.15) is 0 Å². The van der Waals surface area contributed by atoms with Gasteiger partial charge in [0.05, 0.1) is 43.5 Å². The number of aliphatic hydroxyl groups is 2. The number of hydrogen-bond acceptors (Lipinski definition) is 25. The molecule has 15 atom stereocenters. The van der Waals surface area contributed by atoms with Crippen molar-refractivity contribution in [2.45, 2.75) is 221 Å². The summed E-state index contributed by atoms with van der Waals surface area (Å²) in [6, 6.07) is -4.86. The number of phenols is 1. The Hall–Kier alpha value is -14.1. The fraction of sp³-hybridized carbons (Fsp3) is 0.506. The van der Waals surface area contributed by atoms with Gasteiger partial charge in [-0.25, -0.2) is 4.98 Å². The van der Waals surface area contributed by atoms with Gasteiger partial charge in [-0.3, -0.25) is 91.1 Å². The largest absolute Gasteiger partial charge is 0.508 e. The summed E-state index contributed by atoms with van der Waals surface area (Å²) < 4.78 is 1.39. The second-order valence-electron chi connectivity index (χ2n) is 33.9. The van der Waals surface area contributed by atoms with Gasteiger partial charge in [0.1, 0.15) is 96.9 Å². The SMILES string of the molecule is CCCC[C@H]1C(=O)N(C)[C@@H](CCCC)C(=O)N[C@@H](CN)C(=O)N[C@H](C(=O)NCC(N)=O)CSCC(=O)N[C@@H](Cc2ccc(O)cc2)C(=O)N(C)[C@@H](C)C(=O)N[C@@H](CC(=O)O)C(=O)N2CCC[C@H]2C(=O)N[C@@H](Cc2c[nH]cn2)C(=O)N[C@@H](CCC(N)=O)C(=O)N2C[C@H](O)C[C@H]2C(=O)N[C@@H](Cc2c[nH]c3ccccc23)C(=O)N[C@@H](CO)C(=O)N[C@@H](Cc2cn(CC(=O)O)c3ccccc23)C(=O)N1C. The van der Waals surface area contributed by atoms with E-state index < -0.39 is 292 Å². The zero-order valence-corrected chi connectivity index (χ0v) is 76.9. The minimum absolute atomic E-state index is 0.0679. The Morgan fingerprint density at radius 3 is 1.77 bits per heavy atom. The van der Waals surface area contributed by atoms with Gasteiger partial charge in [0.2, 0.25) is 100 Å². The summed E-state index contributed by atoms with van der Waals surface area (Å²) in [6.07, 6.45) is 0.995. The Morgan fingerprint density at radius 1 is 0.559 bits per heavy atom. The van der Waals surface area contributed by atoms with Gasteiger partial charge in [-0.05, 0) is 80.0 Å². The molecule has 17 amide bonds. The standard InChI is InChI=1S/C89H120N22O24S/c1-7-9-19-67-82(128)103-63(36-90)80(126)105-65(77(123)95-39-72(92)116)44-136-45-73(117)97-60(30-48-23-25-52(113)26-24-48)85(131)106(4)47(3)76(122)101-62(35-74(118)119)88(134)110-29-15-22-68(110)83(129)100-59(33-51-38-93-46-96-51)79(125)98-57(27-28-71(91)115)87(133)111-41-53(114)34-70(111)84(130)99-58(31-49-37-94-56-18-13-11-16-54(49)56)78(124)104-64(43-112)81(127)102-61(86(132)108(6)69(20-10-8-2)89(135)107(67)5)32-50-40-109(42-75(120)121)66-21-14-12-17-55(50)66/h11-14,16-18,21,23-26,37-38,40,46-47,53,57-65,67-70,94,112-114H,7-10,15,19-20,22,27-36,39,41-45,90H2,1-6H3,(H2,91,115)(H2,92,116)(H,93,96)(H,95,123)(H,97,117)(H,98,125)(H,99,130)(H,100,129)(H,101,122)(H,102,127)(H,103,128)(H,104,124)(H,105,126)(H,118,119)(H,120,121)/t47-,53+,57-,58-,59-,60-,61-,62-,63-,64-,65-,67-,68-,69-,70-/m0/s1. The average molecular weight is 1910 g/mol. The summed E-state index contributed by atoms with van der Waals surface area (Å²) in [5.74, 6) is -21.7. The summed E-state index contributed by atoms with van der Waals surface area (Å²) in [5, 5.41) is 79.5. The molecule has 3 aromatic carbocycles. The van der Waals surface area contributed by atoms with Crippen LogP contribution in [-0.2, 0) is 123 Å². The molecule has 46 nitrogen and oxygen atoms in total. The number of rotatable bonds is 26. The highest BCUT2D eigenvalue weighted by Crippen LogP contribution is 2.29. The molecule has 3 fully saturated rings. The van der Waals surface area contributed by atoms with Gasteiger partial charge in [-0.1, -0.05) is 88.1 Å². The van der Waals surface area contributed by atoms with E-state index in [2.05, 4.69) is 68.1 Å². The number of aliphatic carboxylic acids is 2. The van der Waals surface area contributed by atoms with E-state index in [1.54, 1.807) is 62.4 Å². The van der Waals surface area contributed by atoms with Gasteiger partial charge in [0.25, 0.3) is 0 Å². The normalized spacial score (nSPS) is 24.6. The lowest BCUT2D eigenvalue weighted by molar-refractivity contribution is -0.149. The number of aromatic hydroxyl groups is 1. The molecule has 0 aliphatic carbocycles. The summed E-state index contributed by atoms with van der Waals surface area (Å²) in [7, 11) is 3.71. The predicted octanol–water partition coefficient (Wildman–Crippen LogP) is -4.86. The number of amides is 17. The molecule has 23 N–H and O–H groups in total. The van der Waals surface area contributed by atoms with Gasteiger partial charge in [-0.15, -0.1) is 11.8 Å². The number of para-hydroxylation sites is 2. The molecule has 6 heterocycles. The number of likely N-dealkylation sites (N-methyl/N-ethyl adjacent to an activating group) is 3. The maximum absolute atomic E-state index is 15.8. The number of nitrogens with zero attached hydrogens (tertiary/aromatic N) is 7. The Kier molecular flexibility index (Phi) is 38.6. The fourth-order valence-electron chi connectivity index (χ4n) is 16.5. The van der Waals surface area contributed by atoms with Crippen LogP contribution in [0.3, 0.4) is 0 Å². The number of H-pyrrole nitrogens is 2. The molecule has 9 rings (SSSR count). The van der Waals surface area contributed by atoms with E-state index in [9.17, 15) is 83.1 Å². The van der Waals surface area contributed by atoms with Crippen LogP contribution in [-0.4, -0.2) is 338 Å². The molecular formula is C89H120N22O24S. The fourth-order valence-corrected chi connectivity index (χ4v) is 17.4. The van der Waals surface area contributed by atoms with E-state index >= 15 is 33.6 Å². The topological polar surface area (TPSA) is 689 Å². The van der Waals surface area contributed by atoms with Crippen LogP contribution in [0.2, 0.25) is 0 Å². The second-order valence-corrected chi connectivity index (χ2v) is 34.9. The number of nitrogens with two attached hydrogens (primary N) is 3. The van der Waals surface area contributed by atoms with Crippen molar-refractivity contribution in [2.24, 2.45) is 17.2 Å². The van der Waals surface area contributed by atoms with E-state index in [0.29, 0.717) is 45.8 Å².